The number of nitrogens with one attached hydrogen (secondary N) is 1. The van der Waals surface area contributed by atoms with E-state index in [-0.39, 0.29) is 5.91 Å². The highest BCUT2D eigenvalue weighted by molar-refractivity contribution is 9.10. The molecule has 4 nitrogen and oxygen atoms in total. The van der Waals surface area contributed by atoms with Gasteiger partial charge in [0.15, 0.2) is 0 Å². The molecule has 0 aliphatic carbocycles. The Morgan fingerprint density at radius 3 is 2.86 bits per heavy atom. The van der Waals surface area contributed by atoms with Gasteiger partial charge in [0.05, 0.1) is 6.61 Å². The molecule has 0 radical (unpaired) electrons. The van der Waals surface area contributed by atoms with Crippen molar-refractivity contribution in [1.29, 1.82) is 0 Å². The van der Waals surface area contributed by atoms with Gasteiger partial charge in [0, 0.05) is 15.7 Å². The van der Waals surface area contributed by atoms with Crippen molar-refractivity contribution in [2.75, 3.05) is 12.3 Å². The van der Waals surface area contributed by atoms with E-state index in [9.17, 15) is 4.79 Å². The van der Waals surface area contributed by atoms with Crippen molar-refractivity contribution in [3.63, 3.8) is 0 Å². The third kappa shape index (κ3) is 3.01. The molecule has 0 bridgehead atoms. The molecule has 0 saturated heterocycles. The van der Waals surface area contributed by atoms with Crippen molar-refractivity contribution in [2.24, 2.45) is 0 Å². The van der Waals surface area contributed by atoms with Crippen LogP contribution in [0.15, 0.2) is 22.7 Å². The van der Waals surface area contributed by atoms with Gasteiger partial charge in [0.25, 0.3) is 5.91 Å². The number of amides is 1. The van der Waals surface area contributed by atoms with Gasteiger partial charge in [-0.15, -0.1) is 0 Å². The lowest BCUT2D eigenvalue weighted by Gasteiger charge is -2.04. The first kappa shape index (κ1) is 11.0. The summed E-state index contributed by atoms with van der Waals surface area (Å²) in [5.74, 6) is -0.306. The Labute approximate surface area is 90.5 Å². The number of nitrogen functional groups attached to an aromatic ring is 1. The second-order valence-corrected chi connectivity index (χ2v) is 3.55. The van der Waals surface area contributed by atoms with E-state index in [0.29, 0.717) is 17.9 Å². The minimum absolute atomic E-state index is 0.306. The van der Waals surface area contributed by atoms with Crippen LogP contribution in [0, 0.1) is 0 Å². The Kier molecular flexibility index (Phi) is 3.91. The van der Waals surface area contributed by atoms with E-state index in [1.807, 2.05) is 0 Å². The highest BCUT2D eigenvalue weighted by Crippen LogP contribution is 2.17. The van der Waals surface area contributed by atoms with Crippen molar-refractivity contribution < 1.29 is 9.63 Å². The standard InChI is InChI=1S/C9H11BrN2O2/c1-2-14-12-9(13)6-3-7(10)5-8(11)4-6/h3-5H,2,11H2,1H3,(H,12,13). The highest BCUT2D eigenvalue weighted by atomic mass is 79.9. The summed E-state index contributed by atoms with van der Waals surface area (Å²) in [6, 6.07) is 4.97. The number of benzene rings is 1. The first-order valence-corrected chi connectivity index (χ1v) is 4.91. The Hall–Kier alpha value is -1.07. The zero-order valence-electron chi connectivity index (χ0n) is 7.71. The van der Waals surface area contributed by atoms with Crippen molar-refractivity contribution in [3.8, 4) is 0 Å². The molecular formula is C9H11BrN2O2. The van der Waals surface area contributed by atoms with E-state index in [1.165, 1.54) is 0 Å². The predicted molar refractivity (Wildman–Crippen MR) is 57.6 cm³/mol. The molecule has 3 N–H and O–H groups in total. The summed E-state index contributed by atoms with van der Waals surface area (Å²) in [7, 11) is 0. The fraction of sp³-hybridized carbons (Fsp3) is 0.222. The van der Waals surface area contributed by atoms with E-state index in [1.54, 1.807) is 25.1 Å². The molecule has 0 unspecified atom stereocenters. The molecule has 1 aromatic carbocycles. The second kappa shape index (κ2) is 4.97. The predicted octanol–water partition coefficient (Wildman–Crippen LogP) is 1.71. The van der Waals surface area contributed by atoms with Crippen LogP contribution in [0.1, 0.15) is 17.3 Å². The average molecular weight is 259 g/mol. The van der Waals surface area contributed by atoms with E-state index in [0.717, 1.165) is 4.47 Å². The Balaban J connectivity index is 2.79. The normalized spacial score (nSPS) is 9.86. The van der Waals surface area contributed by atoms with Crippen molar-refractivity contribution in [1.82, 2.24) is 5.48 Å². The maximum Gasteiger partial charge on any atom is 0.274 e. The van der Waals surface area contributed by atoms with Gasteiger partial charge in [-0.2, -0.15) is 0 Å². The van der Waals surface area contributed by atoms with Crippen LogP contribution in [0.25, 0.3) is 0 Å². The highest BCUT2D eigenvalue weighted by Gasteiger charge is 2.06. The lowest BCUT2D eigenvalue weighted by molar-refractivity contribution is 0.0364. The number of hydrogen-bond donors (Lipinski definition) is 2. The molecule has 1 amide bonds. The molecule has 76 valence electrons. The number of halogens is 1. The summed E-state index contributed by atoms with van der Waals surface area (Å²) in [5, 5.41) is 0. The van der Waals surface area contributed by atoms with E-state index in [2.05, 4.69) is 21.4 Å². The van der Waals surface area contributed by atoms with Crippen molar-refractivity contribution in [3.05, 3.63) is 28.2 Å². The maximum absolute atomic E-state index is 11.4. The van der Waals surface area contributed by atoms with E-state index < -0.39 is 0 Å². The van der Waals surface area contributed by atoms with Crippen LogP contribution in [-0.2, 0) is 4.84 Å². The largest absolute Gasteiger partial charge is 0.399 e. The molecule has 1 aromatic rings. The van der Waals surface area contributed by atoms with Crippen molar-refractivity contribution in [2.45, 2.75) is 6.92 Å². The first-order chi connectivity index (χ1) is 6.63. The number of anilines is 1. The van der Waals surface area contributed by atoms with Gasteiger partial charge in [-0.05, 0) is 25.1 Å². The number of carbonyl (C=O) groups is 1. The second-order valence-electron chi connectivity index (χ2n) is 2.64. The quantitative estimate of drug-likeness (QED) is 0.641. The van der Waals surface area contributed by atoms with E-state index in [4.69, 9.17) is 10.6 Å². The Bertz CT molecular complexity index is 321. The SMILES string of the molecule is CCONC(=O)c1cc(N)cc(Br)c1. The molecule has 14 heavy (non-hydrogen) atoms. The summed E-state index contributed by atoms with van der Waals surface area (Å²) in [4.78, 5) is 16.2. The molecular weight excluding hydrogens is 248 g/mol. The van der Waals surface area contributed by atoms with Crippen LogP contribution < -0.4 is 11.2 Å². The fourth-order valence-corrected chi connectivity index (χ4v) is 1.45. The topological polar surface area (TPSA) is 64.3 Å². The summed E-state index contributed by atoms with van der Waals surface area (Å²) in [6.07, 6.45) is 0. The third-order valence-corrected chi connectivity index (χ3v) is 1.95. The monoisotopic (exact) mass is 258 g/mol. The minimum atomic E-state index is -0.306. The molecule has 0 saturated carbocycles. The van der Waals surface area contributed by atoms with Crippen LogP contribution in [0.4, 0.5) is 5.69 Å². The maximum atomic E-state index is 11.4. The lowest BCUT2D eigenvalue weighted by Crippen LogP contribution is -2.23. The summed E-state index contributed by atoms with van der Waals surface area (Å²) >= 11 is 3.25. The molecule has 0 aliphatic rings. The smallest absolute Gasteiger partial charge is 0.274 e. The number of nitrogens with two attached hydrogens (primary N) is 1. The van der Waals surface area contributed by atoms with Gasteiger partial charge in [0.2, 0.25) is 0 Å². The van der Waals surface area contributed by atoms with E-state index >= 15 is 0 Å². The van der Waals surface area contributed by atoms with Crippen LogP contribution in [0.5, 0.6) is 0 Å². The molecule has 5 heteroatoms. The van der Waals surface area contributed by atoms with Gasteiger partial charge < -0.3 is 5.73 Å². The Morgan fingerprint density at radius 2 is 2.29 bits per heavy atom. The number of rotatable bonds is 3. The van der Waals surface area contributed by atoms with Crippen LogP contribution in [0.2, 0.25) is 0 Å². The van der Waals surface area contributed by atoms with Gasteiger partial charge in [-0.3, -0.25) is 9.63 Å². The number of carbonyl (C=O) groups excluding carboxylic acids is 1. The third-order valence-electron chi connectivity index (χ3n) is 1.49. The molecule has 0 aliphatic heterocycles. The van der Waals surface area contributed by atoms with Crippen LogP contribution >= 0.6 is 15.9 Å². The molecule has 0 aromatic heterocycles. The molecule has 0 heterocycles. The number of hydroxylamine groups is 1. The summed E-state index contributed by atoms with van der Waals surface area (Å²) < 4.78 is 0.763. The summed E-state index contributed by atoms with van der Waals surface area (Å²) in [6.45, 7) is 2.21. The fourth-order valence-electron chi connectivity index (χ4n) is 0.940. The Morgan fingerprint density at radius 1 is 1.57 bits per heavy atom. The molecule has 1 rings (SSSR count). The molecule has 0 spiro atoms. The van der Waals surface area contributed by atoms with Gasteiger partial charge in [0.1, 0.15) is 0 Å². The number of hydrogen-bond acceptors (Lipinski definition) is 3. The zero-order chi connectivity index (χ0) is 10.6. The first-order valence-electron chi connectivity index (χ1n) is 4.11. The minimum Gasteiger partial charge on any atom is -0.399 e. The van der Waals surface area contributed by atoms with Crippen molar-refractivity contribution >= 4 is 27.5 Å². The van der Waals surface area contributed by atoms with Gasteiger partial charge in [-0.1, -0.05) is 15.9 Å². The van der Waals surface area contributed by atoms with Gasteiger partial charge in [-0.25, -0.2) is 5.48 Å². The summed E-state index contributed by atoms with van der Waals surface area (Å²) in [5.41, 5.74) is 8.85. The molecule has 0 fully saturated rings. The zero-order valence-corrected chi connectivity index (χ0v) is 9.30. The van der Waals surface area contributed by atoms with Crippen LogP contribution in [-0.4, -0.2) is 12.5 Å². The molecule has 0 atom stereocenters. The average Bonchev–Trinajstić information content (AvgIpc) is 2.12. The van der Waals surface area contributed by atoms with Crippen LogP contribution in [0.3, 0.4) is 0 Å². The van der Waals surface area contributed by atoms with Gasteiger partial charge >= 0.3 is 0 Å². The lowest BCUT2D eigenvalue weighted by atomic mass is 10.2.